The fourth-order valence-corrected chi connectivity index (χ4v) is 9.88. The first-order chi connectivity index (χ1) is 29.7. The molecule has 5 heterocycles. The molecule has 3 saturated heterocycles. The number of nitrogens with zero attached hydrogens (tertiary/aromatic N) is 5. The molecule has 3 aliphatic heterocycles. The highest BCUT2D eigenvalue weighted by atomic mass is 16.5. The lowest BCUT2D eigenvalue weighted by atomic mass is 9.90. The number of carbonyl (C=O) groups excluding carboxylic acids is 3. The molecule has 3 aromatic carbocycles. The van der Waals surface area contributed by atoms with Crippen molar-refractivity contribution in [3.05, 3.63) is 109 Å². The van der Waals surface area contributed by atoms with Crippen LogP contribution in [0, 0.1) is 11.8 Å². The average Bonchev–Trinajstić information content (AvgIpc) is 4.15. The van der Waals surface area contributed by atoms with Crippen molar-refractivity contribution in [3.8, 4) is 33.6 Å². The third kappa shape index (κ3) is 8.25. The molecule has 3 fully saturated rings. The van der Waals surface area contributed by atoms with Crippen LogP contribution in [0.5, 0.6) is 0 Å². The van der Waals surface area contributed by atoms with Crippen molar-refractivity contribution < 1.29 is 19.1 Å². The first-order valence-corrected chi connectivity index (χ1v) is 22.0. The number of likely N-dealkylation sites (tertiary alicyclic amines) is 3. The van der Waals surface area contributed by atoms with Gasteiger partial charge < -0.3 is 29.8 Å². The first kappa shape index (κ1) is 40.4. The summed E-state index contributed by atoms with van der Waals surface area (Å²) in [5.41, 5.74) is 6.14. The van der Waals surface area contributed by atoms with Crippen molar-refractivity contribution in [2.24, 2.45) is 11.8 Å². The van der Waals surface area contributed by atoms with Crippen molar-refractivity contribution in [2.45, 2.75) is 83.0 Å². The van der Waals surface area contributed by atoms with E-state index in [1.165, 1.54) is 7.11 Å². The van der Waals surface area contributed by atoms with Crippen molar-refractivity contribution >= 4 is 28.7 Å². The second-order valence-electron chi connectivity index (χ2n) is 17.4. The Hall–Kier alpha value is -6.01. The van der Waals surface area contributed by atoms with Gasteiger partial charge in [-0.2, -0.15) is 0 Å². The van der Waals surface area contributed by atoms with E-state index in [9.17, 15) is 14.4 Å². The molecule has 9 rings (SSSR count). The average molecular weight is 821 g/mol. The number of aromatic amines is 2. The summed E-state index contributed by atoms with van der Waals surface area (Å²) in [6.07, 6.45) is 18.5. The molecule has 3 amide bonds. The van der Waals surface area contributed by atoms with Gasteiger partial charge in [-0.15, -0.1) is 0 Å². The van der Waals surface area contributed by atoms with E-state index in [2.05, 4.69) is 110 Å². The van der Waals surface area contributed by atoms with Gasteiger partial charge in [0.1, 0.15) is 17.7 Å². The van der Waals surface area contributed by atoms with Gasteiger partial charge in [0.05, 0.1) is 49.0 Å². The van der Waals surface area contributed by atoms with E-state index in [1.807, 2.05) is 31.1 Å². The van der Waals surface area contributed by atoms with Crippen molar-refractivity contribution in [1.82, 2.24) is 40.0 Å². The van der Waals surface area contributed by atoms with Crippen LogP contribution in [0.4, 0.5) is 4.79 Å². The third-order valence-corrected chi connectivity index (χ3v) is 13.2. The van der Waals surface area contributed by atoms with Gasteiger partial charge in [-0.05, 0) is 104 Å². The second kappa shape index (κ2) is 17.5. The molecule has 1 unspecified atom stereocenters. The highest BCUT2D eigenvalue weighted by Gasteiger charge is 2.41. The number of aromatic nitrogens is 4. The van der Waals surface area contributed by atoms with Gasteiger partial charge in [0.2, 0.25) is 11.8 Å². The molecule has 3 N–H and O–H groups in total. The summed E-state index contributed by atoms with van der Waals surface area (Å²) in [5.74, 6) is 1.84. The maximum absolute atomic E-state index is 14.3. The van der Waals surface area contributed by atoms with Gasteiger partial charge in [-0.25, -0.2) is 14.8 Å². The Bertz CT molecular complexity index is 2440. The number of carbonyl (C=O) groups is 3. The number of hydrogen-bond acceptors (Lipinski definition) is 7. The van der Waals surface area contributed by atoms with E-state index < -0.39 is 12.1 Å². The molecule has 0 spiro atoms. The number of rotatable bonds is 11. The monoisotopic (exact) mass is 820 g/mol. The molecule has 5 aromatic rings. The maximum Gasteiger partial charge on any atom is 0.407 e. The lowest BCUT2D eigenvalue weighted by Crippen LogP contribution is -2.51. The number of methoxy groups -OCH3 is 1. The number of alkyl carbamates (subject to hydrolysis) is 1. The summed E-state index contributed by atoms with van der Waals surface area (Å²) < 4.78 is 4.78. The van der Waals surface area contributed by atoms with E-state index in [1.54, 1.807) is 0 Å². The number of ether oxygens (including phenoxy) is 1. The quantitative estimate of drug-likeness (QED) is 0.121. The molecule has 316 valence electrons. The molecule has 2 aromatic heterocycles. The zero-order valence-electron chi connectivity index (χ0n) is 35.3. The largest absolute Gasteiger partial charge is 0.453 e. The van der Waals surface area contributed by atoms with Gasteiger partial charge in [-0.1, -0.05) is 86.7 Å². The molecule has 0 saturated carbocycles. The molecule has 61 heavy (non-hydrogen) atoms. The van der Waals surface area contributed by atoms with E-state index in [-0.39, 0.29) is 41.8 Å². The Kier molecular flexibility index (Phi) is 11.6. The van der Waals surface area contributed by atoms with E-state index in [0.717, 1.165) is 121 Å². The van der Waals surface area contributed by atoms with E-state index >= 15 is 0 Å². The number of fused-ring (bicyclic) bond motifs is 1. The number of allylic oxidation sites excluding steroid dienone is 3. The van der Waals surface area contributed by atoms with Crippen molar-refractivity contribution in [3.63, 3.8) is 0 Å². The van der Waals surface area contributed by atoms with Gasteiger partial charge >= 0.3 is 6.09 Å². The number of benzene rings is 3. The fourth-order valence-electron chi connectivity index (χ4n) is 9.88. The first-order valence-electron chi connectivity index (χ1n) is 22.0. The van der Waals surface area contributed by atoms with Gasteiger partial charge in [-0.3, -0.25) is 14.5 Å². The molecule has 0 radical (unpaired) electrons. The number of amides is 3. The van der Waals surface area contributed by atoms with Crippen LogP contribution in [0.15, 0.2) is 97.4 Å². The zero-order chi connectivity index (χ0) is 42.0. The third-order valence-electron chi connectivity index (χ3n) is 13.2. The van der Waals surface area contributed by atoms with Crippen LogP contribution in [0.2, 0.25) is 0 Å². The lowest BCUT2D eigenvalue weighted by Gasteiger charge is -2.36. The molecule has 4 aliphatic rings. The predicted octanol–water partition coefficient (Wildman–Crippen LogP) is 8.59. The van der Waals surface area contributed by atoms with Crippen LogP contribution in [-0.2, 0) is 14.3 Å². The summed E-state index contributed by atoms with van der Waals surface area (Å²) in [6, 6.07) is 20.5. The summed E-state index contributed by atoms with van der Waals surface area (Å²) in [4.78, 5) is 62.9. The number of hydrogen-bond donors (Lipinski definition) is 3. The van der Waals surface area contributed by atoms with Crippen molar-refractivity contribution in [1.29, 1.82) is 0 Å². The fraction of sp³-hybridized carbons (Fsp3) is 0.408. The van der Waals surface area contributed by atoms with E-state index in [4.69, 9.17) is 14.7 Å². The number of imidazole rings is 2. The maximum atomic E-state index is 14.3. The van der Waals surface area contributed by atoms with E-state index in [0.29, 0.717) is 6.54 Å². The number of nitrogens with one attached hydrogen (secondary N) is 3. The molecule has 5 atom stereocenters. The van der Waals surface area contributed by atoms with Gasteiger partial charge in [0.25, 0.3) is 0 Å². The SMILES string of the molecule is COC(=O)N[C@H](C(=O)N1CCC[C@H]1c1ncc(-c2ccc(-c3ccc4cc(-c5cnc([C@@H]6CCCN6C(=O)[C@@H](C6C=CC=CC6)N6CCCC6)[nH]5)ccc4c3)cc2)[nH]1)C(C)C. The summed E-state index contributed by atoms with van der Waals surface area (Å²) >= 11 is 0. The second-order valence-corrected chi connectivity index (χ2v) is 17.4. The summed E-state index contributed by atoms with van der Waals surface area (Å²) in [5, 5.41) is 5.00. The number of H-pyrrole nitrogens is 2. The zero-order valence-corrected chi connectivity index (χ0v) is 35.3. The molecular formula is C49H56N8O4. The minimum Gasteiger partial charge on any atom is -0.453 e. The minimum absolute atomic E-state index is 0.0478. The van der Waals surface area contributed by atoms with Crippen LogP contribution in [-0.4, -0.2) is 97.9 Å². The summed E-state index contributed by atoms with van der Waals surface area (Å²) in [7, 11) is 1.30. The van der Waals surface area contributed by atoms with Crippen LogP contribution >= 0.6 is 0 Å². The van der Waals surface area contributed by atoms with Crippen molar-refractivity contribution in [2.75, 3.05) is 33.3 Å². The molecule has 12 heteroatoms. The topological polar surface area (TPSA) is 140 Å². The van der Waals surface area contributed by atoms with Crippen LogP contribution in [0.3, 0.4) is 0 Å². The van der Waals surface area contributed by atoms with Crippen LogP contribution in [0.1, 0.15) is 82.5 Å². The van der Waals surface area contributed by atoms with Gasteiger partial charge in [0, 0.05) is 24.6 Å². The van der Waals surface area contributed by atoms with Crippen LogP contribution in [0.25, 0.3) is 44.4 Å². The molecule has 1 aliphatic carbocycles. The Labute approximate surface area is 357 Å². The molecule has 0 bridgehead atoms. The predicted molar refractivity (Wildman–Crippen MR) is 237 cm³/mol. The Morgan fingerprint density at radius 3 is 1.89 bits per heavy atom. The van der Waals surface area contributed by atoms with Gasteiger partial charge in [0.15, 0.2) is 0 Å². The standard InChI is InChI=1S/C49H56N8O4/c1-31(2)43(54-49(60)61-3)47(58)56-25-9-13-41(56)45-50-29-39(52-45)33-17-15-32(16-18-33)35-19-20-37-28-38(22-21-36(37)27-35)40-30-51-46(53-40)42-14-10-26-57(42)48(59)44(55-23-7-8-24-55)34-11-5-4-6-12-34/h4-6,11,15-22,27-31,34,41-44H,7-10,12-14,23-26H2,1-3H3,(H,50,52)(H,51,53)(H,54,60)/t34?,41-,42-,43-,44+/m0/s1. The molecule has 12 nitrogen and oxygen atoms in total. The highest BCUT2D eigenvalue weighted by molar-refractivity contribution is 5.91. The highest BCUT2D eigenvalue weighted by Crippen LogP contribution is 2.37. The minimum atomic E-state index is -0.677. The summed E-state index contributed by atoms with van der Waals surface area (Å²) in [6.45, 7) is 7.18. The lowest BCUT2D eigenvalue weighted by molar-refractivity contribution is -0.139. The Balaban J connectivity index is 0.870. The Morgan fingerprint density at radius 1 is 0.705 bits per heavy atom. The smallest absolute Gasteiger partial charge is 0.407 e. The van der Waals surface area contributed by atoms with Crippen LogP contribution < -0.4 is 5.32 Å². The molecular weight excluding hydrogens is 765 g/mol. The Morgan fingerprint density at radius 2 is 1.28 bits per heavy atom. The normalized spacial score (nSPS) is 21.4.